The van der Waals surface area contributed by atoms with E-state index in [0.29, 0.717) is 35.6 Å². The second-order valence-electron chi connectivity index (χ2n) is 6.48. The van der Waals surface area contributed by atoms with Crippen LogP contribution in [0.25, 0.3) is 0 Å². The monoisotopic (exact) mass is 356 g/mol. The van der Waals surface area contributed by atoms with E-state index in [9.17, 15) is 13.6 Å². The molecular formula is C20H18F2N2O2. The molecule has 6 heteroatoms. The molecule has 4 nitrogen and oxygen atoms in total. The molecule has 2 aromatic carbocycles. The summed E-state index contributed by atoms with van der Waals surface area (Å²) in [5.41, 5.74) is 2.69. The van der Waals surface area contributed by atoms with Crippen LogP contribution in [-0.2, 0) is 22.5 Å². The fourth-order valence-corrected chi connectivity index (χ4v) is 3.36. The highest BCUT2D eigenvalue weighted by Crippen LogP contribution is 2.24. The Balaban J connectivity index is 1.50. The number of fused-ring (bicyclic) bond motifs is 1. The SMILES string of the molecule is O=C(Cc1ccc([C@H]2CNCCO2)cc1F)C1=NCc2cc(F)ccc21. The number of hydrogen-bond acceptors (Lipinski definition) is 4. The molecule has 1 atom stereocenters. The van der Waals surface area contributed by atoms with Crippen molar-refractivity contribution in [2.75, 3.05) is 19.7 Å². The van der Waals surface area contributed by atoms with Gasteiger partial charge in [-0.2, -0.15) is 0 Å². The highest BCUT2D eigenvalue weighted by atomic mass is 19.1. The van der Waals surface area contributed by atoms with Crippen LogP contribution in [0.2, 0.25) is 0 Å². The van der Waals surface area contributed by atoms with E-state index >= 15 is 0 Å². The molecule has 2 aliphatic heterocycles. The van der Waals surface area contributed by atoms with E-state index in [1.165, 1.54) is 18.2 Å². The number of benzene rings is 2. The fourth-order valence-electron chi connectivity index (χ4n) is 3.36. The lowest BCUT2D eigenvalue weighted by Gasteiger charge is -2.24. The van der Waals surface area contributed by atoms with Gasteiger partial charge in [-0.25, -0.2) is 8.78 Å². The Labute approximate surface area is 149 Å². The summed E-state index contributed by atoms with van der Waals surface area (Å²) >= 11 is 0. The summed E-state index contributed by atoms with van der Waals surface area (Å²) in [4.78, 5) is 16.8. The topological polar surface area (TPSA) is 50.7 Å². The molecule has 0 amide bonds. The van der Waals surface area contributed by atoms with Crippen LogP contribution in [0.1, 0.15) is 28.4 Å². The molecule has 0 unspecified atom stereocenters. The van der Waals surface area contributed by atoms with Gasteiger partial charge in [0.2, 0.25) is 0 Å². The first kappa shape index (κ1) is 17.0. The van der Waals surface area contributed by atoms with Gasteiger partial charge in [-0.1, -0.05) is 12.1 Å². The number of Topliss-reactive ketones (excluding diaryl/α,β-unsaturated/α-hetero) is 1. The Kier molecular flexibility index (Phi) is 4.61. The summed E-state index contributed by atoms with van der Waals surface area (Å²) in [5.74, 6) is -1.05. The number of carbonyl (C=O) groups excluding carboxylic acids is 1. The van der Waals surface area contributed by atoms with Gasteiger partial charge in [0, 0.05) is 25.1 Å². The van der Waals surface area contributed by atoms with Gasteiger partial charge in [-0.3, -0.25) is 9.79 Å². The van der Waals surface area contributed by atoms with Crippen LogP contribution in [0.4, 0.5) is 8.78 Å². The van der Waals surface area contributed by atoms with Gasteiger partial charge in [-0.05, 0) is 41.0 Å². The molecule has 1 N–H and O–H groups in total. The normalized spacial score (nSPS) is 19.2. The molecule has 0 bridgehead atoms. The predicted octanol–water partition coefficient (Wildman–Crippen LogP) is 2.74. The van der Waals surface area contributed by atoms with Crippen molar-refractivity contribution in [1.29, 1.82) is 0 Å². The number of hydrogen-bond donors (Lipinski definition) is 1. The summed E-state index contributed by atoms with van der Waals surface area (Å²) in [6.45, 7) is 2.30. The third-order valence-electron chi connectivity index (χ3n) is 4.72. The standard InChI is InChI=1S/C20H18F2N2O2/c21-15-3-4-16-14(7-15)10-24-20(16)18(25)9-12-1-2-13(8-17(12)22)19-11-23-5-6-26-19/h1-4,7-8,19,23H,5-6,9-11H2/t19-/m1/s1. The molecule has 2 aromatic rings. The minimum atomic E-state index is -0.428. The number of nitrogens with one attached hydrogen (secondary N) is 1. The first-order valence-corrected chi connectivity index (χ1v) is 8.59. The molecule has 1 fully saturated rings. The fraction of sp³-hybridized carbons (Fsp3) is 0.300. The van der Waals surface area contributed by atoms with Crippen LogP contribution in [0.5, 0.6) is 0 Å². The van der Waals surface area contributed by atoms with Crippen molar-refractivity contribution in [2.24, 2.45) is 4.99 Å². The third-order valence-corrected chi connectivity index (χ3v) is 4.72. The van der Waals surface area contributed by atoms with Crippen LogP contribution in [0.3, 0.4) is 0 Å². The second kappa shape index (κ2) is 7.05. The third kappa shape index (κ3) is 3.30. The first-order valence-electron chi connectivity index (χ1n) is 8.59. The van der Waals surface area contributed by atoms with Gasteiger partial charge in [0.1, 0.15) is 17.3 Å². The molecule has 0 aliphatic carbocycles. The summed E-state index contributed by atoms with van der Waals surface area (Å²) in [6, 6.07) is 9.10. The van der Waals surface area contributed by atoms with E-state index in [-0.39, 0.29) is 30.7 Å². The average molecular weight is 356 g/mol. The van der Waals surface area contributed by atoms with Gasteiger partial charge in [0.25, 0.3) is 0 Å². The number of carbonyl (C=O) groups is 1. The van der Waals surface area contributed by atoms with Crippen LogP contribution >= 0.6 is 0 Å². The summed E-state index contributed by atoms with van der Waals surface area (Å²) in [6.07, 6.45) is -0.255. The zero-order chi connectivity index (χ0) is 18.1. The number of nitrogens with zero attached hydrogens (tertiary/aromatic N) is 1. The molecule has 1 saturated heterocycles. The molecule has 0 aromatic heterocycles. The van der Waals surface area contributed by atoms with E-state index in [1.54, 1.807) is 18.2 Å². The number of morpholine rings is 1. The van der Waals surface area contributed by atoms with E-state index in [2.05, 4.69) is 10.3 Å². The maximum atomic E-state index is 14.5. The van der Waals surface area contributed by atoms with Gasteiger partial charge in [0.15, 0.2) is 5.78 Å². The Morgan fingerprint density at radius 3 is 2.88 bits per heavy atom. The van der Waals surface area contributed by atoms with Gasteiger partial charge in [-0.15, -0.1) is 0 Å². The average Bonchev–Trinajstić information content (AvgIpc) is 3.07. The molecule has 0 saturated carbocycles. The van der Waals surface area contributed by atoms with Crippen molar-refractivity contribution in [3.63, 3.8) is 0 Å². The number of ether oxygens (including phenoxy) is 1. The van der Waals surface area contributed by atoms with Gasteiger partial charge >= 0.3 is 0 Å². The second-order valence-corrected chi connectivity index (χ2v) is 6.48. The largest absolute Gasteiger partial charge is 0.371 e. The van der Waals surface area contributed by atoms with Crippen molar-refractivity contribution in [3.8, 4) is 0 Å². The lowest BCUT2D eigenvalue weighted by Crippen LogP contribution is -2.33. The molecular weight excluding hydrogens is 338 g/mol. The molecule has 2 aliphatic rings. The quantitative estimate of drug-likeness (QED) is 0.917. The zero-order valence-corrected chi connectivity index (χ0v) is 14.1. The maximum Gasteiger partial charge on any atom is 0.185 e. The molecule has 4 rings (SSSR count). The minimum Gasteiger partial charge on any atom is -0.371 e. The van der Waals surface area contributed by atoms with Crippen molar-refractivity contribution in [1.82, 2.24) is 5.32 Å². The lowest BCUT2D eigenvalue weighted by atomic mass is 9.97. The number of halogens is 2. The number of aliphatic imine (C=N–C) groups is 1. The van der Waals surface area contributed by atoms with E-state index in [4.69, 9.17) is 4.74 Å². The van der Waals surface area contributed by atoms with Gasteiger partial charge < -0.3 is 10.1 Å². The van der Waals surface area contributed by atoms with Crippen LogP contribution in [-0.4, -0.2) is 31.2 Å². The summed E-state index contributed by atoms with van der Waals surface area (Å²) < 4.78 is 33.4. The lowest BCUT2D eigenvalue weighted by molar-refractivity contribution is -0.112. The first-order chi connectivity index (χ1) is 12.6. The van der Waals surface area contributed by atoms with Crippen LogP contribution in [0, 0.1) is 11.6 Å². The number of ketones is 1. The van der Waals surface area contributed by atoms with Crippen molar-refractivity contribution in [2.45, 2.75) is 19.1 Å². The Bertz CT molecular complexity index is 889. The van der Waals surface area contributed by atoms with Crippen molar-refractivity contribution in [3.05, 3.63) is 70.3 Å². The Morgan fingerprint density at radius 2 is 2.12 bits per heavy atom. The summed E-state index contributed by atoms with van der Waals surface area (Å²) in [5, 5.41) is 3.21. The van der Waals surface area contributed by atoms with Crippen LogP contribution < -0.4 is 5.32 Å². The van der Waals surface area contributed by atoms with Crippen molar-refractivity contribution < 1.29 is 18.3 Å². The van der Waals surface area contributed by atoms with E-state index in [0.717, 1.165) is 12.1 Å². The maximum absolute atomic E-state index is 14.5. The predicted molar refractivity (Wildman–Crippen MR) is 93.3 cm³/mol. The highest BCUT2D eigenvalue weighted by molar-refractivity contribution is 6.47. The summed E-state index contributed by atoms with van der Waals surface area (Å²) in [7, 11) is 0. The van der Waals surface area contributed by atoms with Crippen molar-refractivity contribution >= 4 is 11.5 Å². The number of rotatable bonds is 4. The Hall–Kier alpha value is -2.44. The van der Waals surface area contributed by atoms with Crippen LogP contribution in [0.15, 0.2) is 41.4 Å². The molecule has 26 heavy (non-hydrogen) atoms. The zero-order valence-electron chi connectivity index (χ0n) is 14.1. The van der Waals surface area contributed by atoms with E-state index < -0.39 is 5.82 Å². The minimum absolute atomic E-state index is 0.0778. The molecule has 0 radical (unpaired) electrons. The molecule has 2 heterocycles. The van der Waals surface area contributed by atoms with E-state index in [1.807, 2.05) is 0 Å². The Morgan fingerprint density at radius 1 is 1.23 bits per heavy atom. The molecule has 0 spiro atoms. The molecule has 134 valence electrons. The van der Waals surface area contributed by atoms with Gasteiger partial charge in [0.05, 0.1) is 19.3 Å². The smallest absolute Gasteiger partial charge is 0.185 e. The highest BCUT2D eigenvalue weighted by Gasteiger charge is 2.24.